The van der Waals surface area contributed by atoms with E-state index >= 15 is 0 Å². The number of methoxy groups -OCH3 is 1. The third-order valence-electron chi connectivity index (χ3n) is 3.67. The van der Waals surface area contributed by atoms with Crippen molar-refractivity contribution in [2.75, 3.05) is 7.11 Å². The average molecular weight is 376 g/mol. The number of carbonyl (C=O) groups excluding carboxylic acids is 1. The quantitative estimate of drug-likeness (QED) is 0.363. The fourth-order valence-electron chi connectivity index (χ4n) is 2.42. The van der Waals surface area contributed by atoms with Crippen LogP contribution in [-0.4, -0.2) is 18.1 Å². The standard InChI is InChI=1S/C21H16N2O3S/c1-14(24)26-18-8-6-15(7-9-18)10-17(12-22)21-23-20(13-27-21)16-4-3-5-19(11-16)25-2/h3-11,13H,1-2H3/b17-10-. The number of aromatic nitrogens is 1. The molecule has 0 aliphatic heterocycles. The van der Waals surface area contributed by atoms with Crippen LogP contribution >= 0.6 is 11.3 Å². The Labute approximate surface area is 161 Å². The molecule has 0 spiro atoms. The second-order valence-corrected chi connectivity index (χ2v) is 6.46. The zero-order valence-corrected chi connectivity index (χ0v) is 15.6. The molecule has 3 aromatic rings. The lowest BCUT2D eigenvalue weighted by Crippen LogP contribution is -2.00. The highest BCUT2D eigenvalue weighted by molar-refractivity contribution is 7.11. The van der Waals surface area contributed by atoms with E-state index in [1.54, 1.807) is 37.5 Å². The smallest absolute Gasteiger partial charge is 0.308 e. The van der Waals surface area contributed by atoms with Crippen molar-refractivity contribution in [2.24, 2.45) is 0 Å². The van der Waals surface area contributed by atoms with Crippen molar-refractivity contribution in [3.05, 3.63) is 64.5 Å². The normalized spacial score (nSPS) is 10.9. The third-order valence-corrected chi connectivity index (χ3v) is 4.55. The maximum Gasteiger partial charge on any atom is 0.308 e. The highest BCUT2D eigenvalue weighted by Gasteiger charge is 2.10. The SMILES string of the molecule is COc1cccc(-c2csc(/C(C#N)=C\c3ccc(OC(C)=O)cc3)n2)c1. The molecular weight excluding hydrogens is 360 g/mol. The van der Waals surface area contributed by atoms with Crippen LogP contribution in [-0.2, 0) is 4.79 Å². The van der Waals surface area contributed by atoms with Crippen LogP contribution in [0, 0.1) is 11.3 Å². The Kier molecular flexibility index (Phi) is 5.64. The van der Waals surface area contributed by atoms with E-state index < -0.39 is 0 Å². The Morgan fingerprint density at radius 1 is 1.19 bits per heavy atom. The van der Waals surface area contributed by atoms with Crippen LogP contribution in [0.2, 0.25) is 0 Å². The maximum absolute atomic E-state index is 11.0. The van der Waals surface area contributed by atoms with Gasteiger partial charge in [0, 0.05) is 17.9 Å². The number of nitrogens with zero attached hydrogens (tertiary/aromatic N) is 2. The van der Waals surface area contributed by atoms with Crippen molar-refractivity contribution < 1.29 is 14.3 Å². The lowest BCUT2D eigenvalue weighted by Gasteiger charge is -2.02. The molecule has 0 amide bonds. The number of carbonyl (C=O) groups is 1. The number of hydrogen-bond acceptors (Lipinski definition) is 6. The molecule has 1 heterocycles. The Hall–Kier alpha value is -3.43. The Balaban J connectivity index is 1.86. The molecule has 0 unspecified atom stereocenters. The molecule has 0 radical (unpaired) electrons. The first-order chi connectivity index (χ1) is 13.1. The summed E-state index contributed by atoms with van der Waals surface area (Å²) in [5.41, 5.74) is 3.01. The summed E-state index contributed by atoms with van der Waals surface area (Å²) in [7, 11) is 1.62. The van der Waals surface area contributed by atoms with Gasteiger partial charge in [-0.1, -0.05) is 24.3 Å². The first kappa shape index (κ1) is 18.4. The molecule has 6 heteroatoms. The summed E-state index contributed by atoms with van der Waals surface area (Å²) in [4.78, 5) is 15.6. The van der Waals surface area contributed by atoms with Crippen molar-refractivity contribution in [1.82, 2.24) is 4.98 Å². The molecule has 2 aromatic carbocycles. The fourth-order valence-corrected chi connectivity index (χ4v) is 3.21. The minimum Gasteiger partial charge on any atom is -0.497 e. The van der Waals surface area contributed by atoms with Gasteiger partial charge in [0.25, 0.3) is 0 Å². The molecule has 0 N–H and O–H groups in total. The van der Waals surface area contributed by atoms with Gasteiger partial charge in [-0.15, -0.1) is 11.3 Å². The van der Waals surface area contributed by atoms with E-state index in [4.69, 9.17) is 9.47 Å². The van der Waals surface area contributed by atoms with E-state index in [-0.39, 0.29) is 5.97 Å². The van der Waals surface area contributed by atoms with Crippen LogP contribution < -0.4 is 9.47 Å². The minimum absolute atomic E-state index is 0.371. The summed E-state index contributed by atoms with van der Waals surface area (Å²) in [6.45, 7) is 1.35. The summed E-state index contributed by atoms with van der Waals surface area (Å²) < 4.78 is 10.3. The van der Waals surface area contributed by atoms with Crippen LogP contribution in [0.15, 0.2) is 53.9 Å². The molecule has 27 heavy (non-hydrogen) atoms. The van der Waals surface area contributed by atoms with Gasteiger partial charge < -0.3 is 9.47 Å². The van der Waals surface area contributed by atoms with Gasteiger partial charge in [0.15, 0.2) is 0 Å². The number of ether oxygens (including phenoxy) is 2. The van der Waals surface area contributed by atoms with Crippen LogP contribution in [0.5, 0.6) is 11.5 Å². The molecule has 0 saturated carbocycles. The highest BCUT2D eigenvalue weighted by Crippen LogP contribution is 2.29. The number of esters is 1. The molecule has 0 bridgehead atoms. The van der Waals surface area contributed by atoms with Crippen LogP contribution in [0.1, 0.15) is 17.5 Å². The van der Waals surface area contributed by atoms with Crippen LogP contribution in [0.25, 0.3) is 22.9 Å². The third kappa shape index (κ3) is 4.60. The first-order valence-corrected chi connectivity index (χ1v) is 8.97. The van der Waals surface area contributed by atoms with Crippen molar-refractivity contribution in [3.63, 3.8) is 0 Å². The van der Waals surface area contributed by atoms with Gasteiger partial charge in [-0.05, 0) is 35.9 Å². The van der Waals surface area contributed by atoms with Gasteiger partial charge in [0.05, 0.1) is 18.4 Å². The zero-order chi connectivity index (χ0) is 19.2. The molecule has 1 aromatic heterocycles. The second-order valence-electron chi connectivity index (χ2n) is 5.60. The second kappa shape index (κ2) is 8.30. The molecule has 134 valence electrons. The fraction of sp³-hybridized carbons (Fsp3) is 0.0952. The summed E-state index contributed by atoms with van der Waals surface area (Å²) in [6.07, 6.45) is 1.76. The van der Waals surface area contributed by atoms with E-state index in [2.05, 4.69) is 11.1 Å². The van der Waals surface area contributed by atoms with E-state index in [1.165, 1.54) is 18.3 Å². The number of nitriles is 1. The topological polar surface area (TPSA) is 72.2 Å². The Morgan fingerprint density at radius 3 is 2.63 bits per heavy atom. The van der Waals surface area contributed by atoms with Crippen molar-refractivity contribution in [1.29, 1.82) is 5.26 Å². The van der Waals surface area contributed by atoms with E-state index in [9.17, 15) is 10.1 Å². The van der Waals surface area contributed by atoms with Gasteiger partial charge in [0.2, 0.25) is 0 Å². The lowest BCUT2D eigenvalue weighted by molar-refractivity contribution is -0.131. The number of hydrogen-bond donors (Lipinski definition) is 0. The molecule has 0 aliphatic rings. The molecule has 0 fully saturated rings. The van der Waals surface area contributed by atoms with Gasteiger partial charge in [-0.2, -0.15) is 5.26 Å². The van der Waals surface area contributed by atoms with Gasteiger partial charge in [0.1, 0.15) is 22.6 Å². The molecule has 5 nitrogen and oxygen atoms in total. The predicted molar refractivity (Wildman–Crippen MR) is 105 cm³/mol. The summed E-state index contributed by atoms with van der Waals surface area (Å²) in [5, 5.41) is 12.1. The lowest BCUT2D eigenvalue weighted by atomic mass is 10.1. The number of benzene rings is 2. The van der Waals surface area contributed by atoms with Crippen LogP contribution in [0.3, 0.4) is 0 Å². The molecular formula is C21H16N2O3S. The molecule has 3 rings (SSSR count). The maximum atomic E-state index is 11.0. The van der Waals surface area contributed by atoms with E-state index in [1.807, 2.05) is 29.6 Å². The monoisotopic (exact) mass is 376 g/mol. The Morgan fingerprint density at radius 2 is 1.96 bits per heavy atom. The molecule has 0 atom stereocenters. The summed E-state index contributed by atoms with van der Waals surface area (Å²) in [6, 6.07) is 16.8. The molecule has 0 aliphatic carbocycles. The van der Waals surface area contributed by atoms with Gasteiger partial charge in [-0.25, -0.2) is 4.98 Å². The van der Waals surface area contributed by atoms with Crippen molar-refractivity contribution in [3.8, 4) is 28.8 Å². The number of rotatable bonds is 5. The highest BCUT2D eigenvalue weighted by atomic mass is 32.1. The summed E-state index contributed by atoms with van der Waals surface area (Å²) >= 11 is 1.41. The van der Waals surface area contributed by atoms with Gasteiger partial charge >= 0.3 is 5.97 Å². The minimum atomic E-state index is -0.371. The number of thiazole rings is 1. The van der Waals surface area contributed by atoms with Crippen molar-refractivity contribution in [2.45, 2.75) is 6.92 Å². The van der Waals surface area contributed by atoms with Crippen molar-refractivity contribution >= 4 is 29.0 Å². The summed E-state index contributed by atoms with van der Waals surface area (Å²) in [5.74, 6) is 0.850. The average Bonchev–Trinajstić information content (AvgIpc) is 3.17. The van der Waals surface area contributed by atoms with E-state index in [0.717, 1.165) is 22.6 Å². The van der Waals surface area contributed by atoms with Crippen LogP contribution in [0.4, 0.5) is 0 Å². The first-order valence-electron chi connectivity index (χ1n) is 8.09. The zero-order valence-electron chi connectivity index (χ0n) is 14.8. The van der Waals surface area contributed by atoms with Gasteiger partial charge in [-0.3, -0.25) is 4.79 Å². The predicted octanol–water partition coefficient (Wildman–Crippen LogP) is 4.81. The number of allylic oxidation sites excluding steroid dienone is 1. The molecule has 0 saturated heterocycles. The van der Waals surface area contributed by atoms with E-state index in [0.29, 0.717) is 16.3 Å². The largest absolute Gasteiger partial charge is 0.497 e. The Bertz CT molecular complexity index is 1030.